The zero-order valence-corrected chi connectivity index (χ0v) is 11.0. The van der Waals surface area contributed by atoms with E-state index in [2.05, 4.69) is 10.6 Å². The van der Waals surface area contributed by atoms with Crippen molar-refractivity contribution in [2.75, 3.05) is 40.5 Å². The molecule has 0 rings (SSSR count). The molecule has 18 heavy (non-hydrogen) atoms. The molecule has 0 aliphatic heterocycles. The number of nitrogens with one attached hydrogen (secondary N) is 2. The van der Waals surface area contributed by atoms with Crippen LogP contribution in [-0.2, 0) is 9.47 Å². The molecular weight excluding hydrogens is 240 g/mol. The lowest BCUT2D eigenvalue weighted by Crippen LogP contribution is -2.30. The van der Waals surface area contributed by atoms with Crippen LogP contribution in [0.15, 0.2) is 0 Å². The number of ether oxygens (including phenoxy) is 2. The van der Waals surface area contributed by atoms with Gasteiger partial charge in [0.05, 0.1) is 0 Å². The smallest absolute Gasteiger partial charge is 0.312 e. The van der Waals surface area contributed by atoms with E-state index < -0.39 is 12.1 Å². The molecule has 108 valence electrons. The maximum Gasteiger partial charge on any atom is 0.312 e. The summed E-state index contributed by atoms with van der Waals surface area (Å²) in [7, 11) is 3.23. The largest absolute Gasteiger partial charge is 0.385 e. The van der Waals surface area contributed by atoms with Gasteiger partial charge in [-0.25, -0.2) is 9.59 Å². The predicted molar refractivity (Wildman–Crippen MR) is 68.2 cm³/mol. The number of methoxy groups -OCH3 is 2. The molecule has 0 aromatic heterocycles. The van der Waals surface area contributed by atoms with Crippen LogP contribution in [0.1, 0.15) is 12.8 Å². The van der Waals surface area contributed by atoms with Crippen LogP contribution in [-0.4, -0.2) is 52.6 Å². The molecule has 0 aromatic rings. The van der Waals surface area contributed by atoms with Crippen molar-refractivity contribution >= 4 is 12.1 Å². The van der Waals surface area contributed by atoms with Crippen molar-refractivity contribution in [2.24, 2.45) is 11.5 Å². The maximum atomic E-state index is 10.0. The minimum absolute atomic E-state index is 0.480. The molecule has 0 radical (unpaired) electrons. The normalized spacial score (nSPS) is 9.00. The molecule has 0 aliphatic carbocycles. The van der Waals surface area contributed by atoms with E-state index in [-0.39, 0.29) is 0 Å². The van der Waals surface area contributed by atoms with Crippen LogP contribution in [0.2, 0.25) is 0 Å². The number of primary amides is 2. The Morgan fingerprint density at radius 1 is 0.889 bits per heavy atom. The first-order valence-corrected chi connectivity index (χ1v) is 5.59. The van der Waals surface area contributed by atoms with Crippen LogP contribution < -0.4 is 22.1 Å². The second-order valence-corrected chi connectivity index (χ2v) is 3.27. The molecule has 8 heteroatoms. The fourth-order valence-corrected chi connectivity index (χ4v) is 0.856. The predicted octanol–water partition coefficient (Wildman–Crippen LogP) is -0.618. The Morgan fingerprint density at radius 2 is 1.22 bits per heavy atom. The molecule has 0 spiro atoms. The SMILES string of the molecule is COCCCNC(N)=O.COCCCNC(N)=O. The van der Waals surface area contributed by atoms with E-state index >= 15 is 0 Å². The summed E-state index contributed by atoms with van der Waals surface area (Å²) in [5.41, 5.74) is 9.57. The van der Waals surface area contributed by atoms with Crippen molar-refractivity contribution in [1.82, 2.24) is 10.6 Å². The highest BCUT2D eigenvalue weighted by Crippen LogP contribution is 1.75. The highest BCUT2D eigenvalue weighted by Gasteiger charge is 1.89. The van der Waals surface area contributed by atoms with Gasteiger partial charge >= 0.3 is 12.1 Å². The summed E-state index contributed by atoms with van der Waals surface area (Å²) in [6.45, 7) is 2.48. The summed E-state index contributed by atoms with van der Waals surface area (Å²) in [4.78, 5) is 20.1. The van der Waals surface area contributed by atoms with Crippen LogP contribution in [0.5, 0.6) is 0 Å². The number of hydrogen-bond donors (Lipinski definition) is 4. The molecule has 0 fully saturated rings. The van der Waals surface area contributed by atoms with E-state index in [1.54, 1.807) is 14.2 Å². The average molecular weight is 264 g/mol. The Bertz CT molecular complexity index is 192. The molecule has 8 nitrogen and oxygen atoms in total. The molecule has 0 atom stereocenters. The number of urea groups is 2. The maximum absolute atomic E-state index is 10.0. The molecule has 6 N–H and O–H groups in total. The van der Waals surface area contributed by atoms with Crippen molar-refractivity contribution in [3.63, 3.8) is 0 Å². The molecule has 0 bridgehead atoms. The van der Waals surface area contributed by atoms with Gasteiger partial charge in [-0.2, -0.15) is 0 Å². The van der Waals surface area contributed by atoms with Crippen LogP contribution in [0, 0.1) is 0 Å². The van der Waals surface area contributed by atoms with E-state index in [0.717, 1.165) is 12.8 Å². The molecule has 0 saturated carbocycles. The molecule has 0 aliphatic rings. The highest BCUT2D eigenvalue weighted by molar-refractivity contribution is 5.71. The summed E-state index contributed by atoms with van der Waals surface area (Å²) in [5.74, 6) is 0. The summed E-state index contributed by atoms with van der Waals surface area (Å²) in [6.07, 6.45) is 1.61. The van der Waals surface area contributed by atoms with E-state index in [1.165, 1.54) is 0 Å². The first-order valence-electron chi connectivity index (χ1n) is 5.59. The third-order valence-electron chi connectivity index (χ3n) is 1.65. The van der Waals surface area contributed by atoms with Crippen LogP contribution in [0.3, 0.4) is 0 Å². The number of nitrogens with two attached hydrogens (primary N) is 2. The van der Waals surface area contributed by atoms with Crippen molar-refractivity contribution in [2.45, 2.75) is 12.8 Å². The number of hydrogen-bond acceptors (Lipinski definition) is 4. The standard InChI is InChI=1S/2C5H12N2O2/c2*1-9-4-2-3-7-5(6)8/h2*2-4H2,1H3,(H3,6,7,8). The second-order valence-electron chi connectivity index (χ2n) is 3.27. The van der Waals surface area contributed by atoms with Crippen LogP contribution >= 0.6 is 0 Å². The number of carbonyl (C=O) groups excluding carboxylic acids is 2. The Kier molecular flexibility index (Phi) is 16.2. The minimum atomic E-state index is -0.480. The van der Waals surface area contributed by atoms with Gasteiger partial charge in [-0.3, -0.25) is 0 Å². The van der Waals surface area contributed by atoms with Gasteiger partial charge in [0.1, 0.15) is 0 Å². The van der Waals surface area contributed by atoms with Gasteiger partial charge in [-0.05, 0) is 12.8 Å². The third kappa shape index (κ3) is 23.9. The van der Waals surface area contributed by atoms with Gasteiger partial charge in [-0.15, -0.1) is 0 Å². The molecule has 4 amide bonds. The van der Waals surface area contributed by atoms with Crippen molar-refractivity contribution in [3.05, 3.63) is 0 Å². The van der Waals surface area contributed by atoms with Crippen LogP contribution in [0.25, 0.3) is 0 Å². The zero-order chi connectivity index (χ0) is 14.2. The number of carbonyl (C=O) groups is 2. The van der Waals surface area contributed by atoms with E-state index in [4.69, 9.17) is 20.9 Å². The van der Waals surface area contributed by atoms with E-state index in [1.807, 2.05) is 0 Å². The first-order chi connectivity index (χ1) is 8.54. The topological polar surface area (TPSA) is 129 Å². The summed E-state index contributed by atoms with van der Waals surface area (Å²) >= 11 is 0. The highest BCUT2D eigenvalue weighted by atomic mass is 16.5. The molecular formula is C10H24N4O4. The number of amides is 4. The number of rotatable bonds is 8. The van der Waals surface area contributed by atoms with Crippen LogP contribution in [0.4, 0.5) is 9.59 Å². The Morgan fingerprint density at radius 3 is 1.44 bits per heavy atom. The molecule has 0 heterocycles. The van der Waals surface area contributed by atoms with Crippen molar-refractivity contribution < 1.29 is 19.1 Å². The molecule has 0 aromatic carbocycles. The first kappa shape index (κ1) is 18.8. The minimum Gasteiger partial charge on any atom is -0.385 e. The van der Waals surface area contributed by atoms with E-state index in [0.29, 0.717) is 26.3 Å². The Hall–Kier alpha value is -1.54. The third-order valence-corrected chi connectivity index (χ3v) is 1.65. The lowest BCUT2D eigenvalue weighted by molar-refractivity contribution is 0.194. The molecule has 0 saturated heterocycles. The Labute approximate surface area is 107 Å². The fraction of sp³-hybridized carbons (Fsp3) is 0.800. The van der Waals surface area contributed by atoms with Crippen molar-refractivity contribution in [3.8, 4) is 0 Å². The van der Waals surface area contributed by atoms with Gasteiger partial charge < -0.3 is 31.6 Å². The van der Waals surface area contributed by atoms with Gasteiger partial charge in [0.2, 0.25) is 0 Å². The summed E-state index contributed by atoms with van der Waals surface area (Å²) < 4.78 is 9.46. The zero-order valence-electron chi connectivity index (χ0n) is 11.0. The quantitative estimate of drug-likeness (QED) is 0.435. The fourth-order valence-electron chi connectivity index (χ4n) is 0.856. The van der Waals surface area contributed by atoms with Gasteiger partial charge in [0, 0.05) is 40.5 Å². The van der Waals surface area contributed by atoms with E-state index in [9.17, 15) is 9.59 Å². The van der Waals surface area contributed by atoms with Crippen molar-refractivity contribution in [1.29, 1.82) is 0 Å². The summed E-state index contributed by atoms with van der Waals surface area (Å²) in [5, 5.41) is 4.88. The molecule has 0 unspecified atom stereocenters. The summed E-state index contributed by atoms with van der Waals surface area (Å²) in [6, 6.07) is -0.961. The van der Waals surface area contributed by atoms with Gasteiger partial charge in [0.25, 0.3) is 0 Å². The lowest BCUT2D eigenvalue weighted by Gasteiger charge is -1.98. The average Bonchev–Trinajstić information content (AvgIpc) is 2.31. The lowest BCUT2D eigenvalue weighted by atomic mass is 10.4. The van der Waals surface area contributed by atoms with Gasteiger partial charge in [0.15, 0.2) is 0 Å². The van der Waals surface area contributed by atoms with Gasteiger partial charge in [-0.1, -0.05) is 0 Å². The Balaban J connectivity index is 0. The second kappa shape index (κ2) is 15.5. The monoisotopic (exact) mass is 264 g/mol.